The van der Waals surface area contributed by atoms with Gasteiger partial charge in [-0.1, -0.05) is 0 Å². The second-order valence-electron chi connectivity index (χ2n) is 3.58. The lowest BCUT2D eigenvalue weighted by atomic mass is 10.5. The molecule has 0 atom stereocenters. The summed E-state index contributed by atoms with van der Waals surface area (Å²) in [6, 6.07) is 1.41. The van der Waals surface area contributed by atoms with E-state index in [1.54, 1.807) is 31.1 Å². The van der Waals surface area contributed by atoms with Crippen LogP contribution in [-0.2, 0) is 13.6 Å². The molecule has 0 fully saturated rings. The molecule has 0 aliphatic rings. The third-order valence-electron chi connectivity index (χ3n) is 2.34. The standard InChI is InChI=1S/C10H12BrN5O2S/c1-16-7(3-4-13-16)14-10(17)12-5-6-8(11)9(18-2)15-19-6/h3-4H,5H2,1-2H3,(H2,12,14,17). The van der Waals surface area contributed by atoms with Gasteiger partial charge in [-0.15, -0.1) is 0 Å². The first-order valence-electron chi connectivity index (χ1n) is 5.32. The van der Waals surface area contributed by atoms with E-state index in [9.17, 15) is 4.79 Å². The molecule has 2 aromatic rings. The summed E-state index contributed by atoms with van der Waals surface area (Å²) in [6.45, 7) is 0.366. The first-order valence-corrected chi connectivity index (χ1v) is 6.89. The molecule has 0 aromatic carbocycles. The van der Waals surface area contributed by atoms with Gasteiger partial charge in [0.05, 0.1) is 29.2 Å². The number of hydrogen-bond donors (Lipinski definition) is 2. The quantitative estimate of drug-likeness (QED) is 0.887. The zero-order chi connectivity index (χ0) is 13.8. The van der Waals surface area contributed by atoms with Crippen molar-refractivity contribution in [1.82, 2.24) is 19.5 Å². The van der Waals surface area contributed by atoms with Crippen LogP contribution in [0.2, 0.25) is 0 Å². The molecule has 0 bridgehead atoms. The van der Waals surface area contributed by atoms with Crippen LogP contribution in [-0.4, -0.2) is 27.3 Å². The summed E-state index contributed by atoms with van der Waals surface area (Å²) >= 11 is 4.64. The number of carbonyl (C=O) groups excluding carboxylic acids is 1. The summed E-state index contributed by atoms with van der Waals surface area (Å²) in [4.78, 5) is 12.6. The zero-order valence-corrected chi connectivity index (χ0v) is 12.7. The molecule has 0 unspecified atom stereocenters. The third-order valence-corrected chi connectivity index (χ3v) is 4.24. The second kappa shape index (κ2) is 6.02. The predicted molar refractivity (Wildman–Crippen MR) is 75.4 cm³/mol. The summed E-state index contributed by atoms with van der Waals surface area (Å²) in [7, 11) is 3.30. The minimum Gasteiger partial charge on any atom is -0.480 e. The lowest BCUT2D eigenvalue weighted by molar-refractivity contribution is 0.251. The topological polar surface area (TPSA) is 81.1 Å². The molecule has 2 rings (SSSR count). The Kier molecular flexibility index (Phi) is 4.38. The van der Waals surface area contributed by atoms with Crippen molar-refractivity contribution in [3.8, 4) is 5.88 Å². The lowest BCUT2D eigenvalue weighted by Gasteiger charge is -2.06. The van der Waals surface area contributed by atoms with E-state index >= 15 is 0 Å². The number of amides is 2. The van der Waals surface area contributed by atoms with Crippen molar-refractivity contribution in [1.29, 1.82) is 0 Å². The first-order chi connectivity index (χ1) is 9.11. The summed E-state index contributed by atoms with van der Waals surface area (Å²) in [5.74, 6) is 1.15. The minimum atomic E-state index is -0.303. The van der Waals surface area contributed by atoms with Crippen LogP contribution < -0.4 is 15.4 Å². The molecule has 2 N–H and O–H groups in total. The largest absolute Gasteiger partial charge is 0.480 e. The Balaban J connectivity index is 1.90. The first kappa shape index (κ1) is 13.8. The van der Waals surface area contributed by atoms with Crippen LogP contribution in [0.15, 0.2) is 16.7 Å². The van der Waals surface area contributed by atoms with E-state index in [-0.39, 0.29) is 6.03 Å². The molecule has 0 saturated carbocycles. The molecule has 2 aromatic heterocycles. The number of urea groups is 1. The average molecular weight is 346 g/mol. The van der Waals surface area contributed by atoms with Crippen LogP contribution in [0.5, 0.6) is 5.88 Å². The maximum Gasteiger partial charge on any atom is 0.320 e. The number of aromatic nitrogens is 3. The highest BCUT2D eigenvalue weighted by atomic mass is 79.9. The zero-order valence-electron chi connectivity index (χ0n) is 10.3. The van der Waals surface area contributed by atoms with Gasteiger partial charge in [-0.05, 0) is 27.5 Å². The number of ether oxygens (including phenoxy) is 1. The predicted octanol–water partition coefficient (Wildman–Crippen LogP) is 1.97. The molecular weight excluding hydrogens is 334 g/mol. The maximum atomic E-state index is 11.7. The number of nitrogens with one attached hydrogen (secondary N) is 2. The number of rotatable bonds is 4. The normalized spacial score (nSPS) is 10.3. The van der Waals surface area contributed by atoms with Gasteiger partial charge in [0.25, 0.3) is 0 Å². The van der Waals surface area contributed by atoms with Gasteiger partial charge in [0.15, 0.2) is 0 Å². The second-order valence-corrected chi connectivity index (χ2v) is 5.23. The van der Waals surface area contributed by atoms with Gasteiger partial charge < -0.3 is 10.1 Å². The molecule has 2 amide bonds. The van der Waals surface area contributed by atoms with Gasteiger partial charge in [-0.2, -0.15) is 9.47 Å². The molecule has 2 heterocycles. The lowest BCUT2D eigenvalue weighted by Crippen LogP contribution is -2.28. The molecule has 0 aliphatic carbocycles. The smallest absolute Gasteiger partial charge is 0.320 e. The molecular formula is C10H12BrN5O2S. The van der Waals surface area contributed by atoms with Crippen molar-refractivity contribution >= 4 is 39.3 Å². The van der Waals surface area contributed by atoms with Crippen molar-refractivity contribution in [2.75, 3.05) is 12.4 Å². The van der Waals surface area contributed by atoms with Crippen LogP contribution in [0.3, 0.4) is 0 Å². The van der Waals surface area contributed by atoms with Crippen molar-refractivity contribution in [2.45, 2.75) is 6.54 Å². The van der Waals surface area contributed by atoms with E-state index in [2.05, 4.69) is 36.0 Å². The number of nitrogens with zero attached hydrogens (tertiary/aromatic N) is 3. The van der Waals surface area contributed by atoms with E-state index in [0.29, 0.717) is 18.2 Å². The van der Waals surface area contributed by atoms with Gasteiger partial charge in [0.1, 0.15) is 5.82 Å². The van der Waals surface area contributed by atoms with Crippen LogP contribution >= 0.6 is 27.5 Å². The summed E-state index contributed by atoms with van der Waals surface area (Å²) in [5, 5.41) is 9.38. The van der Waals surface area contributed by atoms with Crippen LogP contribution in [0.25, 0.3) is 0 Å². The molecule has 9 heteroatoms. The molecule has 0 spiro atoms. The van der Waals surface area contributed by atoms with Crippen molar-refractivity contribution in [3.63, 3.8) is 0 Å². The number of carbonyl (C=O) groups is 1. The molecule has 102 valence electrons. The van der Waals surface area contributed by atoms with Gasteiger partial charge >= 0.3 is 6.03 Å². The fourth-order valence-electron chi connectivity index (χ4n) is 1.35. The molecule has 7 nitrogen and oxygen atoms in total. The maximum absolute atomic E-state index is 11.7. The van der Waals surface area contributed by atoms with E-state index in [0.717, 1.165) is 9.35 Å². The van der Waals surface area contributed by atoms with E-state index in [1.807, 2.05) is 0 Å². The highest BCUT2D eigenvalue weighted by Gasteiger charge is 2.12. The Morgan fingerprint density at radius 2 is 2.42 bits per heavy atom. The number of hydrogen-bond acceptors (Lipinski definition) is 5. The van der Waals surface area contributed by atoms with Gasteiger partial charge in [0, 0.05) is 13.1 Å². The van der Waals surface area contributed by atoms with Gasteiger partial charge in [-0.25, -0.2) is 4.79 Å². The third kappa shape index (κ3) is 3.24. The Labute approximate surface area is 122 Å². The summed E-state index contributed by atoms with van der Waals surface area (Å²) in [6.07, 6.45) is 1.61. The Hall–Kier alpha value is -1.61. The van der Waals surface area contributed by atoms with Crippen molar-refractivity contribution in [3.05, 3.63) is 21.6 Å². The molecule has 0 saturated heterocycles. The summed E-state index contributed by atoms with van der Waals surface area (Å²) in [5.41, 5.74) is 0. The average Bonchev–Trinajstić information content (AvgIpc) is 2.94. The minimum absolute atomic E-state index is 0.303. The van der Waals surface area contributed by atoms with E-state index in [4.69, 9.17) is 4.74 Å². The van der Waals surface area contributed by atoms with E-state index < -0.39 is 0 Å². The van der Waals surface area contributed by atoms with Crippen molar-refractivity contribution < 1.29 is 9.53 Å². The Morgan fingerprint density at radius 1 is 1.63 bits per heavy atom. The molecule has 19 heavy (non-hydrogen) atoms. The molecule has 0 aliphatic heterocycles. The number of aryl methyl sites for hydroxylation is 1. The molecule has 0 radical (unpaired) electrons. The van der Waals surface area contributed by atoms with Crippen LogP contribution in [0.1, 0.15) is 4.88 Å². The summed E-state index contributed by atoms with van der Waals surface area (Å²) < 4.78 is 11.5. The van der Waals surface area contributed by atoms with E-state index in [1.165, 1.54) is 11.5 Å². The highest BCUT2D eigenvalue weighted by Crippen LogP contribution is 2.30. The van der Waals surface area contributed by atoms with Crippen LogP contribution in [0.4, 0.5) is 10.6 Å². The SMILES string of the molecule is COc1nsc(CNC(=O)Nc2ccnn2C)c1Br. The number of halogens is 1. The number of anilines is 1. The van der Waals surface area contributed by atoms with Crippen LogP contribution in [0, 0.1) is 0 Å². The fourth-order valence-corrected chi connectivity index (χ4v) is 2.74. The fraction of sp³-hybridized carbons (Fsp3) is 0.300. The highest BCUT2D eigenvalue weighted by molar-refractivity contribution is 9.10. The van der Waals surface area contributed by atoms with Gasteiger partial charge in [-0.3, -0.25) is 10.00 Å². The Bertz CT molecular complexity index is 582. The van der Waals surface area contributed by atoms with Gasteiger partial charge in [0.2, 0.25) is 5.88 Å². The Morgan fingerprint density at radius 3 is 3.00 bits per heavy atom. The monoisotopic (exact) mass is 345 g/mol. The number of methoxy groups -OCH3 is 1. The van der Waals surface area contributed by atoms with Crippen molar-refractivity contribution in [2.24, 2.45) is 7.05 Å².